The van der Waals surface area contributed by atoms with Gasteiger partial charge >= 0.3 is 6.09 Å². The molecule has 13 heteroatoms. The predicted octanol–water partition coefficient (Wildman–Crippen LogP) is 5.53. The van der Waals surface area contributed by atoms with Crippen LogP contribution in [-0.2, 0) is 19.1 Å². The van der Waals surface area contributed by atoms with E-state index >= 15 is 0 Å². The van der Waals surface area contributed by atoms with Crippen LogP contribution in [0.25, 0.3) is 11.1 Å². The minimum Gasteiger partial charge on any atom is -0.453 e. The number of rotatable bonds is 3. The van der Waals surface area contributed by atoms with Crippen molar-refractivity contribution in [2.75, 3.05) is 35.7 Å². The largest absolute Gasteiger partial charge is 0.453 e. The zero-order valence-corrected chi connectivity index (χ0v) is 24.1. The van der Waals surface area contributed by atoms with Crippen molar-refractivity contribution in [3.05, 3.63) is 71.0 Å². The molecule has 1 aromatic heterocycles. The van der Waals surface area contributed by atoms with Crippen molar-refractivity contribution in [3.8, 4) is 11.1 Å². The molecule has 224 valence electrons. The molecule has 2 N–H and O–H groups in total. The Bertz CT molecular complexity index is 1620. The van der Waals surface area contributed by atoms with Crippen molar-refractivity contribution in [1.82, 2.24) is 9.88 Å². The van der Waals surface area contributed by atoms with Gasteiger partial charge in [0.2, 0.25) is 17.7 Å². The lowest BCUT2D eigenvalue weighted by Gasteiger charge is -2.38. The molecule has 2 bridgehead atoms. The lowest BCUT2D eigenvalue weighted by atomic mass is 9.94. The van der Waals surface area contributed by atoms with Gasteiger partial charge in [0.05, 0.1) is 29.6 Å². The van der Waals surface area contributed by atoms with Crippen LogP contribution in [0.4, 0.5) is 30.6 Å². The summed E-state index contributed by atoms with van der Waals surface area (Å²) in [6.45, 7) is 0.766. The lowest BCUT2D eigenvalue weighted by Crippen LogP contribution is -2.55. The molecule has 5 rings (SSSR count). The van der Waals surface area contributed by atoms with Gasteiger partial charge in [0.15, 0.2) is 5.82 Å². The summed E-state index contributed by atoms with van der Waals surface area (Å²) in [6.07, 6.45) is 2.28. The number of ether oxygens (including phenoxy) is 1. The molecule has 2 aliphatic rings. The number of hydrogen-bond donors (Lipinski definition) is 2. The van der Waals surface area contributed by atoms with Crippen LogP contribution >= 0.6 is 11.6 Å². The number of carbonyl (C=O) groups is 4. The number of carbonyl (C=O) groups excluding carboxylic acids is 4. The number of methoxy groups -OCH3 is 1. The van der Waals surface area contributed by atoms with Crippen LogP contribution in [0.2, 0.25) is 5.02 Å². The highest BCUT2D eigenvalue weighted by molar-refractivity contribution is 6.31. The van der Waals surface area contributed by atoms with Crippen LogP contribution in [0.5, 0.6) is 0 Å². The van der Waals surface area contributed by atoms with E-state index in [1.807, 2.05) is 0 Å². The normalized spacial score (nSPS) is 19.1. The van der Waals surface area contributed by atoms with Gasteiger partial charge in [-0.1, -0.05) is 31.0 Å². The van der Waals surface area contributed by atoms with Crippen molar-refractivity contribution >= 4 is 52.5 Å². The Labute approximate surface area is 251 Å². The topological polar surface area (TPSA) is 121 Å². The van der Waals surface area contributed by atoms with Crippen LogP contribution < -0.4 is 15.5 Å². The molecule has 0 radical (unpaired) electrons. The van der Waals surface area contributed by atoms with E-state index in [-0.39, 0.29) is 10.9 Å². The third kappa shape index (κ3) is 6.14. The van der Waals surface area contributed by atoms with Crippen LogP contribution in [0.1, 0.15) is 37.9 Å². The number of nitrogens with zero attached hydrogens (tertiary/aromatic N) is 3. The maximum atomic E-state index is 14.7. The zero-order valence-electron chi connectivity index (χ0n) is 23.3. The number of piperazine rings is 1. The summed E-state index contributed by atoms with van der Waals surface area (Å²) in [6, 6.07) is 9.85. The Balaban J connectivity index is 1.51. The Morgan fingerprint density at radius 1 is 1.07 bits per heavy atom. The molecule has 10 nitrogen and oxygen atoms in total. The van der Waals surface area contributed by atoms with E-state index < -0.39 is 60.3 Å². The van der Waals surface area contributed by atoms with Crippen molar-refractivity contribution in [2.45, 2.75) is 32.2 Å². The molecule has 3 aromatic rings. The van der Waals surface area contributed by atoms with Gasteiger partial charge in [0.1, 0.15) is 24.6 Å². The average Bonchev–Trinajstić information content (AvgIpc) is 2.98. The van der Waals surface area contributed by atoms with E-state index in [4.69, 9.17) is 11.6 Å². The molecular formula is C30H28ClF2N5O5. The minimum absolute atomic E-state index is 0.228. The first kappa shape index (κ1) is 29.9. The Morgan fingerprint density at radius 3 is 2.63 bits per heavy atom. The fourth-order valence-electron chi connectivity index (χ4n) is 5.30. The van der Waals surface area contributed by atoms with E-state index in [1.54, 1.807) is 43.5 Å². The fraction of sp³-hybridized carbons (Fsp3) is 0.300. The standard InChI is InChI=1S/C30H28ClF2N5O5/c1-16-4-3-5-24(37-14-26(40)38(15-25(37)39)28-21(32)9-8-20(31)27(28)33)23-12-17(10-11-34-23)19-7-6-18(35-30(42)43-2)13-22(19)36-29(16)41/h6-13,16,24H,3-5,14-15H2,1-2H3,(H,35,42)(H,36,41). The summed E-state index contributed by atoms with van der Waals surface area (Å²) in [5.41, 5.74) is 2.01. The highest BCUT2D eigenvalue weighted by atomic mass is 35.5. The molecule has 2 aliphatic heterocycles. The second kappa shape index (κ2) is 12.3. The molecule has 2 unspecified atom stereocenters. The van der Waals surface area contributed by atoms with Crippen molar-refractivity contribution < 1.29 is 32.7 Å². The molecule has 0 saturated carbocycles. The number of aromatic nitrogens is 1. The maximum Gasteiger partial charge on any atom is 0.411 e. The summed E-state index contributed by atoms with van der Waals surface area (Å²) < 4.78 is 34.0. The molecular weight excluding hydrogens is 584 g/mol. The monoisotopic (exact) mass is 611 g/mol. The smallest absolute Gasteiger partial charge is 0.411 e. The van der Waals surface area contributed by atoms with Gasteiger partial charge in [-0.25, -0.2) is 13.6 Å². The number of anilines is 3. The maximum absolute atomic E-state index is 14.7. The fourth-order valence-corrected chi connectivity index (χ4v) is 5.45. The van der Waals surface area contributed by atoms with Gasteiger partial charge in [-0.05, 0) is 54.8 Å². The molecule has 3 heterocycles. The molecule has 0 aliphatic carbocycles. The van der Waals surface area contributed by atoms with E-state index in [0.29, 0.717) is 47.5 Å². The lowest BCUT2D eigenvalue weighted by molar-refractivity contribution is -0.141. The molecule has 1 saturated heterocycles. The summed E-state index contributed by atoms with van der Waals surface area (Å²) in [5, 5.41) is 5.17. The van der Waals surface area contributed by atoms with Crippen LogP contribution in [0.15, 0.2) is 48.7 Å². The first-order chi connectivity index (χ1) is 20.6. The van der Waals surface area contributed by atoms with Gasteiger partial charge in [-0.3, -0.25) is 29.6 Å². The third-order valence-corrected chi connectivity index (χ3v) is 7.88. The van der Waals surface area contributed by atoms with Crippen molar-refractivity contribution in [3.63, 3.8) is 0 Å². The second-order valence-corrected chi connectivity index (χ2v) is 10.8. The highest BCUT2D eigenvalue weighted by Gasteiger charge is 2.38. The molecule has 0 spiro atoms. The predicted molar refractivity (Wildman–Crippen MR) is 156 cm³/mol. The molecule has 4 amide bonds. The second-order valence-electron chi connectivity index (χ2n) is 10.4. The first-order valence-electron chi connectivity index (χ1n) is 13.6. The van der Waals surface area contributed by atoms with E-state index in [1.165, 1.54) is 12.0 Å². The van der Waals surface area contributed by atoms with Gasteiger partial charge in [-0.15, -0.1) is 0 Å². The van der Waals surface area contributed by atoms with Gasteiger partial charge in [0, 0.05) is 23.4 Å². The summed E-state index contributed by atoms with van der Waals surface area (Å²) in [7, 11) is 1.24. The number of fused-ring (bicyclic) bond motifs is 4. The van der Waals surface area contributed by atoms with Gasteiger partial charge in [-0.2, -0.15) is 0 Å². The van der Waals surface area contributed by atoms with Gasteiger partial charge < -0.3 is 15.0 Å². The number of nitrogens with one attached hydrogen (secondary N) is 2. The minimum atomic E-state index is -1.12. The molecule has 2 aromatic carbocycles. The van der Waals surface area contributed by atoms with E-state index in [2.05, 4.69) is 20.4 Å². The summed E-state index contributed by atoms with van der Waals surface area (Å²) in [5.74, 6) is -3.95. The van der Waals surface area contributed by atoms with Gasteiger partial charge in [0.25, 0.3) is 0 Å². The third-order valence-electron chi connectivity index (χ3n) is 7.59. The van der Waals surface area contributed by atoms with Crippen molar-refractivity contribution in [1.29, 1.82) is 0 Å². The Morgan fingerprint density at radius 2 is 1.86 bits per heavy atom. The number of pyridine rings is 1. The quantitative estimate of drug-likeness (QED) is 0.376. The Hall–Kier alpha value is -4.58. The first-order valence-corrected chi connectivity index (χ1v) is 13.9. The number of amides is 4. The zero-order chi connectivity index (χ0) is 30.8. The van der Waals surface area contributed by atoms with E-state index in [9.17, 15) is 28.0 Å². The summed E-state index contributed by atoms with van der Waals surface area (Å²) >= 11 is 5.82. The number of benzene rings is 2. The van der Waals surface area contributed by atoms with E-state index in [0.717, 1.165) is 17.0 Å². The number of hydrogen-bond acceptors (Lipinski definition) is 6. The number of halogens is 3. The molecule has 2 atom stereocenters. The van der Waals surface area contributed by atoms with Crippen LogP contribution in [0.3, 0.4) is 0 Å². The average molecular weight is 612 g/mol. The highest BCUT2D eigenvalue weighted by Crippen LogP contribution is 2.37. The van der Waals surface area contributed by atoms with Crippen LogP contribution in [-0.4, -0.2) is 53.9 Å². The van der Waals surface area contributed by atoms with Crippen LogP contribution in [0, 0.1) is 17.6 Å². The Kier molecular flexibility index (Phi) is 8.58. The van der Waals surface area contributed by atoms with Crippen molar-refractivity contribution in [2.24, 2.45) is 5.92 Å². The molecule has 43 heavy (non-hydrogen) atoms. The summed E-state index contributed by atoms with van der Waals surface area (Å²) in [4.78, 5) is 58.3. The SMILES string of the molecule is COC(=O)Nc1ccc2c(c1)NC(=O)C(C)CCCC(N1CC(=O)N(c3c(F)ccc(Cl)c3F)CC1=O)c1cc-2ccn1. The molecule has 1 fully saturated rings.